The number of imidazole rings is 4. The molecule has 534 valence electrons. The first kappa shape index (κ1) is 72.7. The fourth-order valence-electron chi connectivity index (χ4n) is 11.4. The normalized spacial score (nSPS) is 29.2. The van der Waals surface area contributed by atoms with E-state index in [1.54, 1.807) is 54.9 Å². The van der Waals surface area contributed by atoms with Crippen LogP contribution in [0.5, 0.6) is 5.88 Å². The number of nitrogen functional groups attached to an aromatic ring is 1. The fourth-order valence-corrected chi connectivity index (χ4v) is 13.2. The van der Waals surface area contributed by atoms with Crippen molar-refractivity contribution in [3.8, 4) is 5.88 Å². The number of aryl methyl sites for hydroxylation is 2. The summed E-state index contributed by atoms with van der Waals surface area (Å²) in [5.41, 5.74) is 8.50. The predicted octanol–water partition coefficient (Wildman–Crippen LogP) is -8.78. The Bertz CT molecular complexity index is 4420. The van der Waals surface area contributed by atoms with Gasteiger partial charge in [-0.05, 0) is 5.03 Å². The number of rotatable bonds is 14. The Morgan fingerprint density at radius 2 is 1.01 bits per heavy atom. The minimum atomic E-state index is -4.92. The molecule has 17 atom stereocenters. The van der Waals surface area contributed by atoms with Crippen LogP contribution in [0.25, 0.3) is 44.7 Å². The predicted molar refractivity (Wildman–Crippen MR) is 310 cm³/mol. The summed E-state index contributed by atoms with van der Waals surface area (Å²) in [5.74, 6) is 0.762. The van der Waals surface area contributed by atoms with E-state index in [2.05, 4.69) is 63.5 Å². The zero-order valence-corrected chi connectivity index (χ0v) is 54.7. The maximum Gasteiger partial charge on any atom is 0.470 e. The Labute approximate surface area is 550 Å². The second-order valence-corrected chi connectivity index (χ2v) is 27.5. The summed E-state index contributed by atoms with van der Waals surface area (Å²) in [6.45, 7) is 0.00701. The second kappa shape index (κ2) is 27.4. The van der Waals surface area contributed by atoms with Gasteiger partial charge >= 0.3 is 48.2 Å². The number of aromatic nitrogens is 16. The summed E-state index contributed by atoms with van der Waals surface area (Å²) < 4.78 is 93.9. The lowest BCUT2D eigenvalue weighted by molar-refractivity contribution is -0.746. The van der Waals surface area contributed by atoms with Gasteiger partial charge in [0.2, 0.25) is 24.2 Å². The van der Waals surface area contributed by atoms with Gasteiger partial charge < -0.3 is 122 Å². The molecule has 4 saturated heterocycles. The molecule has 0 radical (unpaired) electrons. The number of nitrogens with two attached hydrogens (primary N) is 1. The molecule has 98 heavy (non-hydrogen) atoms. The molecule has 18 N–H and O–H groups in total. The first-order chi connectivity index (χ1) is 45.8. The third-order valence-corrected chi connectivity index (χ3v) is 18.0. The molecule has 0 aromatic carbocycles. The number of hydrazone groups is 1. The van der Waals surface area contributed by atoms with Gasteiger partial charge in [0.1, 0.15) is 85.4 Å². The zero-order chi connectivity index (χ0) is 71.3. The lowest BCUT2D eigenvalue weighted by atomic mass is 10.1. The molecule has 8 aromatic rings. The van der Waals surface area contributed by atoms with Crippen LogP contribution in [-0.4, -0.2) is 249 Å². The van der Waals surface area contributed by atoms with E-state index in [0.717, 1.165) is 6.33 Å². The molecule has 14 rings (SSSR count). The SMILES string of the molecule is CC1=NN(C)c2ncnc3c2n1c[n+]3[C@@H]1O[C@H](COP(=O)(O)O)[C@@H](O)[C@H]1O.Cn1c[n+]([C@@H]2O[C@H](COP(=O)(O)O)[C@@H](O)[C@H]2O)c2ncnc([O-])c21.Cn1c[n+]([C@@H]2O[C@H](COP(=O)(O)O)[C@@H](O)[C@H]2O)c2ncnc([S-])c21.Nc1ncnc2c1nc1n2[C@@H]2O[C@H](C1OP(=O)(O)O)[C@@H](O)[C@H]2O. The molecule has 0 spiro atoms. The Hall–Kier alpha value is -6.55. The lowest BCUT2D eigenvalue weighted by Gasteiger charge is -2.30. The number of hydrogen-bond acceptors (Lipinski definition) is 34. The Morgan fingerprint density at radius 3 is 1.51 bits per heavy atom. The highest BCUT2D eigenvalue weighted by molar-refractivity contribution is 7.59. The van der Waals surface area contributed by atoms with Crippen LogP contribution in [0.15, 0.2) is 54.4 Å². The molecule has 4 fully saturated rings. The first-order valence-electron chi connectivity index (χ1n) is 28.0. The largest absolute Gasteiger partial charge is 0.856 e. The highest BCUT2D eigenvalue weighted by Crippen LogP contribution is 2.52. The van der Waals surface area contributed by atoms with E-state index in [1.165, 1.54) is 48.1 Å². The zero-order valence-electron chi connectivity index (χ0n) is 50.3. The molecule has 0 amide bonds. The number of anilines is 2. The van der Waals surface area contributed by atoms with Crippen molar-refractivity contribution >= 4 is 106 Å². The average Bonchev–Trinajstić information content (AvgIpc) is 1.57. The number of aliphatic hydroxyl groups excluding tert-OH is 8. The fraction of sp³-hybridized carbons (Fsp3) is 0.533. The van der Waals surface area contributed by atoms with Crippen molar-refractivity contribution in [2.24, 2.45) is 19.2 Å². The molecule has 14 heterocycles. The van der Waals surface area contributed by atoms with Crippen LogP contribution < -0.4 is 29.6 Å². The smallest absolute Gasteiger partial charge is 0.470 e. The number of phosphoric acid groups is 4. The van der Waals surface area contributed by atoms with E-state index < -0.39 is 161 Å². The van der Waals surface area contributed by atoms with Crippen molar-refractivity contribution in [1.82, 2.24) is 63.1 Å². The van der Waals surface area contributed by atoms with Crippen LogP contribution in [-0.2, 0) is 82.0 Å². The van der Waals surface area contributed by atoms with Crippen LogP contribution in [0, 0.1) is 0 Å². The van der Waals surface area contributed by atoms with Crippen molar-refractivity contribution in [1.29, 1.82) is 0 Å². The lowest BCUT2D eigenvalue weighted by Crippen LogP contribution is -2.46. The van der Waals surface area contributed by atoms with Crippen LogP contribution in [0.3, 0.4) is 0 Å². The topological polar surface area (TPSA) is 678 Å². The summed E-state index contributed by atoms with van der Waals surface area (Å²) in [5, 5.41) is 99.3. The van der Waals surface area contributed by atoms with Gasteiger partial charge in [-0.3, -0.25) is 31.8 Å². The van der Waals surface area contributed by atoms with E-state index in [9.17, 15) is 64.2 Å². The van der Waals surface area contributed by atoms with Gasteiger partial charge in [-0.15, -0.1) is 5.10 Å². The monoisotopic (exact) mass is 1490 g/mol. The van der Waals surface area contributed by atoms with E-state index in [-0.39, 0.29) is 34.0 Å². The number of fused-ring (bicyclic) bond motifs is 8. The molecule has 53 heteroatoms. The summed E-state index contributed by atoms with van der Waals surface area (Å²) in [7, 11) is -14.1. The van der Waals surface area contributed by atoms with Crippen molar-refractivity contribution in [2.75, 3.05) is 37.6 Å². The van der Waals surface area contributed by atoms with Crippen molar-refractivity contribution in [3.05, 3.63) is 50.1 Å². The maximum absolute atomic E-state index is 11.8. The Kier molecular flexibility index (Phi) is 20.3. The molecular weight excluding hydrogens is 1430 g/mol. The number of hydrogen-bond donors (Lipinski definition) is 17. The summed E-state index contributed by atoms with van der Waals surface area (Å²) in [4.78, 5) is 107. The van der Waals surface area contributed by atoms with Gasteiger partial charge in [0, 0.05) is 19.9 Å². The number of nitrogens with zero attached hydrogens (tertiary/aromatic N) is 18. The standard InChI is InChI=1S/C13H17N6O7P.C11H15N4O8P.C11H15N4O7PS.C10H12N5O7P/c1-6-16-17(2)11-8-12(15-4-14-11)19(5-18(6)8)13-10(21)9(20)7(26-13)3-25-27(22,23)24;1-14-4-15(9-6(14)10(18)13-3-12-9)11-8(17)7(16)5(23-11)2-22-24(19,20)21;1-14-4-15(9-6(14)10(24)13-3-12-9)11-8(17)7(16)5(22-11)2-21-23(18,19)20;11-7-2-8(13-1-12-7)15-9(14-2)6(22-23(18,19)20)5-3(16)4(17)10(15)21-5/h4-5,7,9-10,13,20-21H,3H2,1-2H3,(H-,22,23,24);3-5,7-8,11,16-17H,2H2,1H3,(H2-,12,13,18,19,20,21);3-5,7-8,11,16-17H,2H2,1H3,(H2-,12,13,18,19,20,24);1,3-6,10,16-17H,(H2,11,12,13)(H2,18,19,20)/p+1/t7-,9-,10-,13-;2*5-,7-,8-,11-;3-,4+,5-,6?,10+/m1110/s1. The number of aliphatic hydroxyl groups is 8. The van der Waals surface area contributed by atoms with Crippen molar-refractivity contribution < 1.29 is 154 Å². The van der Waals surface area contributed by atoms with E-state index in [4.69, 9.17) is 81.0 Å². The van der Waals surface area contributed by atoms with E-state index >= 15 is 0 Å². The molecule has 0 aliphatic carbocycles. The average molecular weight is 1490 g/mol. The molecule has 6 aliphatic heterocycles. The number of phosphoric ester groups is 4. The van der Waals surface area contributed by atoms with Crippen molar-refractivity contribution in [2.45, 2.75) is 116 Å². The van der Waals surface area contributed by atoms with Crippen LogP contribution in [0.4, 0.5) is 11.6 Å². The van der Waals surface area contributed by atoms with E-state index in [0.29, 0.717) is 39.0 Å². The van der Waals surface area contributed by atoms with Crippen LogP contribution in [0.1, 0.15) is 43.8 Å². The van der Waals surface area contributed by atoms with Gasteiger partial charge in [0.15, 0.2) is 90.0 Å². The summed E-state index contributed by atoms with van der Waals surface area (Å²) in [6, 6.07) is 0. The third kappa shape index (κ3) is 14.4. The second-order valence-electron chi connectivity index (χ2n) is 22.2. The molecule has 2 bridgehead atoms. The third-order valence-electron chi connectivity index (χ3n) is 15.7. The Morgan fingerprint density at radius 1 is 0.561 bits per heavy atom. The number of ether oxygens (including phenoxy) is 4. The first-order valence-corrected chi connectivity index (χ1v) is 34.6. The maximum atomic E-state index is 11.8. The molecule has 48 nitrogen and oxygen atoms in total. The molecule has 1 unspecified atom stereocenters. The summed E-state index contributed by atoms with van der Waals surface area (Å²) in [6.07, 6.45) is -11.9. The highest BCUT2D eigenvalue weighted by Gasteiger charge is 2.57. The van der Waals surface area contributed by atoms with E-state index in [1.807, 2.05) is 0 Å². The van der Waals surface area contributed by atoms with Gasteiger partial charge in [-0.2, -0.15) is 4.98 Å². The van der Waals surface area contributed by atoms with Crippen molar-refractivity contribution in [3.63, 3.8) is 0 Å². The quantitative estimate of drug-likeness (QED) is 0.0208. The van der Waals surface area contributed by atoms with Crippen LogP contribution in [0.2, 0.25) is 0 Å². The summed E-state index contributed by atoms with van der Waals surface area (Å²) >= 11 is 5.14. The Balaban J connectivity index is 0.000000132. The molecular formula is C45H60N19O29P4S+. The minimum absolute atomic E-state index is 0.0346. The van der Waals surface area contributed by atoms with Gasteiger partial charge in [0.25, 0.3) is 0 Å². The molecule has 8 aromatic heterocycles. The highest BCUT2D eigenvalue weighted by atomic mass is 32.1. The molecule has 0 saturated carbocycles. The van der Waals surface area contributed by atoms with Crippen LogP contribution >= 0.6 is 31.3 Å². The van der Waals surface area contributed by atoms with Gasteiger partial charge in [-0.25, -0.2) is 66.5 Å². The van der Waals surface area contributed by atoms with Gasteiger partial charge in [0.05, 0.1) is 33.9 Å². The minimum Gasteiger partial charge on any atom is -0.856 e. The molecule has 6 aliphatic rings. The van der Waals surface area contributed by atoms with Gasteiger partial charge in [-0.1, -0.05) is 15.0 Å².